The minimum absolute atomic E-state index is 0.0160. The van der Waals surface area contributed by atoms with E-state index in [4.69, 9.17) is 4.74 Å². The van der Waals surface area contributed by atoms with Crippen LogP contribution in [0.25, 0.3) is 5.69 Å². The Bertz CT molecular complexity index is 768. The van der Waals surface area contributed by atoms with Crippen molar-refractivity contribution in [1.29, 1.82) is 0 Å². The summed E-state index contributed by atoms with van der Waals surface area (Å²) in [5, 5.41) is 12.8. The van der Waals surface area contributed by atoms with E-state index in [2.05, 4.69) is 32.2 Å². The maximum absolute atomic E-state index is 12.3. The molecule has 4 rings (SSSR count). The summed E-state index contributed by atoms with van der Waals surface area (Å²) in [6.45, 7) is 1.40. The molecule has 7 heteroatoms. The maximum Gasteiger partial charge on any atom is 0.230 e. The zero-order chi connectivity index (χ0) is 19.2. The number of benzene rings is 1. The van der Waals surface area contributed by atoms with E-state index in [1.807, 2.05) is 18.2 Å². The van der Waals surface area contributed by atoms with E-state index < -0.39 is 0 Å². The van der Waals surface area contributed by atoms with Crippen LogP contribution in [0.2, 0.25) is 0 Å². The molecule has 150 valence electrons. The summed E-state index contributed by atoms with van der Waals surface area (Å²) in [6, 6.07) is 10.2. The topological polar surface area (TPSA) is 69.0 Å². The van der Waals surface area contributed by atoms with Crippen LogP contribution >= 0.6 is 11.8 Å². The predicted molar refractivity (Wildman–Crippen MR) is 110 cm³/mol. The van der Waals surface area contributed by atoms with E-state index in [0.29, 0.717) is 18.2 Å². The molecule has 28 heavy (non-hydrogen) atoms. The highest BCUT2D eigenvalue weighted by Gasteiger charge is 2.25. The van der Waals surface area contributed by atoms with Crippen molar-refractivity contribution in [3.8, 4) is 5.69 Å². The van der Waals surface area contributed by atoms with Gasteiger partial charge >= 0.3 is 0 Å². The standard InChI is InChI=1S/C21H28N4O2S/c26-19(22-14-18-12-7-13-27-18)15-28-21-24-23-20(16-8-3-1-4-9-16)25(21)17-10-5-2-6-11-17/h2,5-6,10-11,16,18H,1,3-4,7-9,12-15H2,(H,22,26). The highest BCUT2D eigenvalue weighted by Crippen LogP contribution is 2.34. The summed E-state index contributed by atoms with van der Waals surface area (Å²) in [5.41, 5.74) is 1.07. The zero-order valence-corrected chi connectivity index (χ0v) is 17.0. The molecular formula is C21H28N4O2S. The van der Waals surface area contributed by atoms with Crippen molar-refractivity contribution in [3.05, 3.63) is 36.2 Å². The monoisotopic (exact) mass is 400 g/mol. The second-order valence-electron chi connectivity index (χ2n) is 7.57. The molecule has 2 aliphatic rings. The largest absolute Gasteiger partial charge is 0.376 e. The average molecular weight is 401 g/mol. The minimum atomic E-state index is 0.0160. The van der Waals surface area contributed by atoms with Crippen LogP contribution in [0.1, 0.15) is 56.7 Å². The molecule has 6 nitrogen and oxygen atoms in total. The first-order chi connectivity index (χ1) is 13.8. The third-order valence-corrected chi connectivity index (χ3v) is 6.46. The molecule has 1 amide bonds. The molecule has 1 atom stereocenters. The molecule has 1 unspecified atom stereocenters. The molecule has 2 fully saturated rings. The Kier molecular flexibility index (Phi) is 6.65. The molecule has 1 aliphatic carbocycles. The molecule has 0 bridgehead atoms. The van der Waals surface area contributed by atoms with Crippen molar-refractivity contribution in [3.63, 3.8) is 0 Å². The molecule has 1 aromatic carbocycles. The van der Waals surface area contributed by atoms with Crippen molar-refractivity contribution in [2.75, 3.05) is 18.9 Å². The van der Waals surface area contributed by atoms with Gasteiger partial charge in [-0.25, -0.2) is 0 Å². The number of hydrogen-bond donors (Lipinski definition) is 1. The first-order valence-corrected chi connectivity index (χ1v) is 11.3. The van der Waals surface area contributed by atoms with E-state index >= 15 is 0 Å². The Morgan fingerprint density at radius 3 is 2.68 bits per heavy atom. The zero-order valence-electron chi connectivity index (χ0n) is 16.2. The molecule has 1 saturated carbocycles. The van der Waals surface area contributed by atoms with Gasteiger partial charge in [0.25, 0.3) is 0 Å². The Labute approximate surface area is 170 Å². The number of aromatic nitrogens is 3. The lowest BCUT2D eigenvalue weighted by molar-refractivity contribution is -0.119. The molecule has 1 saturated heterocycles. The number of hydrogen-bond acceptors (Lipinski definition) is 5. The van der Waals surface area contributed by atoms with Crippen LogP contribution in [0.3, 0.4) is 0 Å². The summed E-state index contributed by atoms with van der Waals surface area (Å²) < 4.78 is 7.71. The van der Waals surface area contributed by atoms with E-state index in [0.717, 1.165) is 49.0 Å². The summed E-state index contributed by atoms with van der Waals surface area (Å²) >= 11 is 1.45. The Hall–Kier alpha value is -1.86. The predicted octanol–water partition coefficient (Wildman–Crippen LogP) is 3.70. The van der Waals surface area contributed by atoms with Crippen molar-refractivity contribution in [1.82, 2.24) is 20.1 Å². The first kappa shape index (κ1) is 19.5. The van der Waals surface area contributed by atoms with Gasteiger partial charge in [-0.3, -0.25) is 9.36 Å². The third kappa shape index (κ3) is 4.75. The van der Waals surface area contributed by atoms with Gasteiger partial charge in [0.15, 0.2) is 5.16 Å². The van der Waals surface area contributed by atoms with Gasteiger partial charge in [-0.1, -0.05) is 49.2 Å². The highest BCUT2D eigenvalue weighted by atomic mass is 32.2. The van der Waals surface area contributed by atoms with Crippen molar-refractivity contribution >= 4 is 17.7 Å². The Balaban J connectivity index is 1.45. The molecule has 1 aromatic heterocycles. The number of amides is 1. The molecular weight excluding hydrogens is 372 g/mol. The SMILES string of the molecule is O=C(CSc1nnc(C2CCCCC2)n1-c1ccccc1)NCC1CCCO1. The molecule has 1 N–H and O–H groups in total. The quantitative estimate of drug-likeness (QED) is 0.718. The van der Waals surface area contributed by atoms with Crippen LogP contribution in [-0.2, 0) is 9.53 Å². The summed E-state index contributed by atoms with van der Waals surface area (Å²) in [7, 11) is 0. The third-order valence-electron chi connectivity index (χ3n) is 5.53. The summed E-state index contributed by atoms with van der Waals surface area (Å²) in [4.78, 5) is 12.3. The van der Waals surface area contributed by atoms with Gasteiger partial charge in [-0.05, 0) is 37.8 Å². The van der Waals surface area contributed by atoms with Crippen LogP contribution in [-0.4, -0.2) is 45.7 Å². The first-order valence-electron chi connectivity index (χ1n) is 10.3. The van der Waals surface area contributed by atoms with Gasteiger partial charge in [0, 0.05) is 24.8 Å². The smallest absolute Gasteiger partial charge is 0.230 e. The van der Waals surface area contributed by atoms with Gasteiger partial charge in [0.05, 0.1) is 11.9 Å². The van der Waals surface area contributed by atoms with Gasteiger partial charge in [-0.15, -0.1) is 10.2 Å². The molecule has 2 aromatic rings. The van der Waals surface area contributed by atoms with Crippen molar-refractivity contribution in [2.24, 2.45) is 0 Å². The fraction of sp³-hybridized carbons (Fsp3) is 0.571. The summed E-state index contributed by atoms with van der Waals surface area (Å²) in [6.07, 6.45) is 8.41. The van der Waals surface area contributed by atoms with Crippen LogP contribution in [0.5, 0.6) is 0 Å². The van der Waals surface area contributed by atoms with Crippen molar-refractivity contribution < 1.29 is 9.53 Å². The Morgan fingerprint density at radius 1 is 1.11 bits per heavy atom. The number of carbonyl (C=O) groups is 1. The average Bonchev–Trinajstić information content (AvgIpc) is 3.42. The number of thioether (sulfide) groups is 1. The normalized spacial score (nSPS) is 20.4. The van der Waals surface area contributed by atoms with E-state index in [1.54, 1.807) is 0 Å². The lowest BCUT2D eigenvalue weighted by Gasteiger charge is -2.22. The fourth-order valence-corrected chi connectivity index (χ4v) is 4.82. The van der Waals surface area contributed by atoms with Crippen LogP contribution in [0.4, 0.5) is 0 Å². The molecule has 0 radical (unpaired) electrons. The van der Waals surface area contributed by atoms with E-state index in [-0.39, 0.29) is 12.0 Å². The number of carbonyl (C=O) groups excluding carboxylic acids is 1. The molecule has 0 spiro atoms. The number of nitrogens with zero attached hydrogens (tertiary/aromatic N) is 3. The molecule has 1 aliphatic heterocycles. The van der Waals surface area contributed by atoms with Crippen LogP contribution < -0.4 is 5.32 Å². The maximum atomic E-state index is 12.3. The van der Waals surface area contributed by atoms with Crippen LogP contribution in [0, 0.1) is 0 Å². The van der Waals surface area contributed by atoms with Gasteiger partial charge < -0.3 is 10.1 Å². The van der Waals surface area contributed by atoms with Gasteiger partial charge in [0.2, 0.25) is 5.91 Å². The Morgan fingerprint density at radius 2 is 1.93 bits per heavy atom. The highest BCUT2D eigenvalue weighted by molar-refractivity contribution is 7.99. The second-order valence-corrected chi connectivity index (χ2v) is 8.52. The summed E-state index contributed by atoms with van der Waals surface area (Å²) in [5.74, 6) is 1.84. The fourth-order valence-electron chi connectivity index (χ4n) is 4.03. The lowest BCUT2D eigenvalue weighted by Crippen LogP contribution is -2.32. The minimum Gasteiger partial charge on any atom is -0.376 e. The lowest BCUT2D eigenvalue weighted by atomic mass is 9.88. The van der Waals surface area contributed by atoms with Crippen molar-refractivity contribution in [2.45, 2.75) is 62.1 Å². The second kappa shape index (κ2) is 9.56. The number of ether oxygens (including phenoxy) is 1. The van der Waals surface area contributed by atoms with Gasteiger partial charge in [0.1, 0.15) is 5.82 Å². The van der Waals surface area contributed by atoms with Gasteiger partial charge in [-0.2, -0.15) is 0 Å². The number of nitrogens with one attached hydrogen (secondary N) is 1. The van der Waals surface area contributed by atoms with Crippen LogP contribution in [0.15, 0.2) is 35.5 Å². The number of rotatable bonds is 7. The van der Waals surface area contributed by atoms with E-state index in [1.165, 1.54) is 31.0 Å². The molecule has 2 heterocycles. The van der Waals surface area contributed by atoms with E-state index in [9.17, 15) is 4.79 Å². The number of para-hydroxylation sites is 1.